The number of hydrogen-bond donors (Lipinski definition) is 3. The van der Waals surface area contributed by atoms with E-state index in [4.69, 9.17) is 5.73 Å². The topological polar surface area (TPSA) is 140 Å². The molecule has 1 amide bonds. The molecule has 0 radical (unpaired) electrons. The number of rotatable bonds is 4. The fourth-order valence-electron chi connectivity index (χ4n) is 2.31. The molecule has 0 fully saturated rings. The highest BCUT2D eigenvalue weighted by molar-refractivity contribution is 7.99. The normalized spacial score (nSPS) is 16.9. The summed E-state index contributed by atoms with van der Waals surface area (Å²) in [5, 5.41) is 9.31. The van der Waals surface area contributed by atoms with E-state index in [2.05, 4.69) is 30.5 Å². The number of amides is 1. The van der Waals surface area contributed by atoms with Gasteiger partial charge in [0.1, 0.15) is 0 Å². The lowest BCUT2D eigenvalue weighted by atomic mass is 9.88. The Balaban J connectivity index is 1.62. The number of Topliss-reactive ketones (excluding diaryl/α,β-unsaturated/α-hetero) is 1. The molecule has 1 aliphatic carbocycles. The first-order chi connectivity index (χ1) is 11.0. The smallest absolute Gasteiger partial charge is 0.237 e. The van der Waals surface area contributed by atoms with E-state index in [0.29, 0.717) is 29.3 Å². The molecule has 23 heavy (non-hydrogen) atoms. The minimum atomic E-state index is -0.284. The molecule has 1 atom stereocenters. The van der Waals surface area contributed by atoms with Crippen molar-refractivity contribution < 1.29 is 9.59 Å². The predicted octanol–water partition coefficient (Wildman–Crippen LogP) is 0.673. The van der Waals surface area contributed by atoms with Gasteiger partial charge in [-0.25, -0.2) is 15.1 Å². The van der Waals surface area contributed by atoms with Gasteiger partial charge in [-0.1, -0.05) is 18.7 Å². The van der Waals surface area contributed by atoms with E-state index < -0.39 is 0 Å². The van der Waals surface area contributed by atoms with Crippen molar-refractivity contribution in [3.8, 4) is 0 Å². The molecule has 1 aliphatic rings. The van der Waals surface area contributed by atoms with Crippen LogP contribution in [-0.4, -0.2) is 42.6 Å². The number of hydrogen-bond acceptors (Lipinski definition) is 8. The van der Waals surface area contributed by atoms with Gasteiger partial charge < -0.3 is 5.73 Å². The minimum absolute atomic E-state index is 0.0503. The highest BCUT2D eigenvalue weighted by Crippen LogP contribution is 2.24. The van der Waals surface area contributed by atoms with Gasteiger partial charge in [-0.15, -0.1) is 5.10 Å². The van der Waals surface area contributed by atoms with Gasteiger partial charge in [0.05, 0.1) is 17.0 Å². The second-order valence-electron chi connectivity index (χ2n) is 5.33. The van der Waals surface area contributed by atoms with Gasteiger partial charge in [0, 0.05) is 12.6 Å². The van der Waals surface area contributed by atoms with Crippen molar-refractivity contribution in [3.05, 3.63) is 17.5 Å². The van der Waals surface area contributed by atoms with Crippen LogP contribution in [0.2, 0.25) is 0 Å². The maximum Gasteiger partial charge on any atom is 0.237 e. The lowest BCUT2D eigenvalue weighted by Crippen LogP contribution is -2.22. The van der Waals surface area contributed by atoms with Gasteiger partial charge in [0.25, 0.3) is 0 Å². The Hall–Kier alpha value is -2.49. The van der Waals surface area contributed by atoms with Crippen LogP contribution < -0.4 is 11.1 Å². The van der Waals surface area contributed by atoms with Crippen LogP contribution in [0.4, 0.5) is 11.9 Å². The van der Waals surface area contributed by atoms with Crippen molar-refractivity contribution >= 4 is 35.3 Å². The molecule has 0 spiro atoms. The summed E-state index contributed by atoms with van der Waals surface area (Å²) in [6.45, 7) is 2.00. The van der Waals surface area contributed by atoms with Crippen LogP contribution >= 0.6 is 11.8 Å². The quantitative estimate of drug-likeness (QED) is 0.694. The monoisotopic (exact) mass is 333 g/mol. The first-order valence-electron chi connectivity index (χ1n) is 7.01. The zero-order valence-corrected chi connectivity index (χ0v) is 13.2. The van der Waals surface area contributed by atoms with E-state index in [1.165, 1.54) is 6.20 Å². The number of nitrogen functional groups attached to an aromatic ring is 1. The van der Waals surface area contributed by atoms with E-state index in [1.54, 1.807) is 0 Å². The molecule has 0 aliphatic heterocycles. The Morgan fingerprint density at radius 2 is 2.30 bits per heavy atom. The highest BCUT2D eigenvalue weighted by atomic mass is 32.2. The molecule has 4 N–H and O–H groups in total. The molecule has 0 bridgehead atoms. The summed E-state index contributed by atoms with van der Waals surface area (Å²) in [5.41, 5.74) is 6.64. The van der Waals surface area contributed by atoms with Crippen LogP contribution in [0.25, 0.3) is 0 Å². The number of carbonyl (C=O) groups excluding carboxylic acids is 2. The number of ketones is 1. The lowest BCUT2D eigenvalue weighted by molar-refractivity contribution is -0.113. The molecule has 10 heteroatoms. The Bertz CT molecular complexity index is 761. The summed E-state index contributed by atoms with van der Waals surface area (Å²) in [7, 11) is 0. The fourth-order valence-corrected chi connectivity index (χ4v) is 2.91. The van der Waals surface area contributed by atoms with Crippen molar-refractivity contribution in [3.63, 3.8) is 0 Å². The third-order valence-electron chi connectivity index (χ3n) is 3.31. The maximum atomic E-state index is 11.9. The second kappa shape index (κ2) is 6.32. The summed E-state index contributed by atoms with van der Waals surface area (Å²) >= 11 is 1.14. The molecule has 120 valence electrons. The number of aromatic amines is 1. The first kappa shape index (κ1) is 15.4. The highest BCUT2D eigenvalue weighted by Gasteiger charge is 2.24. The fraction of sp³-hybridized carbons (Fsp3) is 0.385. The number of aromatic nitrogens is 5. The molecule has 0 saturated carbocycles. The van der Waals surface area contributed by atoms with Crippen molar-refractivity contribution in [2.45, 2.75) is 24.9 Å². The van der Waals surface area contributed by atoms with Crippen LogP contribution in [0.3, 0.4) is 0 Å². The summed E-state index contributed by atoms with van der Waals surface area (Å²) in [5.74, 6) is 0.520. The van der Waals surface area contributed by atoms with E-state index >= 15 is 0 Å². The summed E-state index contributed by atoms with van der Waals surface area (Å²) in [4.78, 5) is 36.0. The summed E-state index contributed by atoms with van der Waals surface area (Å²) < 4.78 is 0. The number of nitrogens with one attached hydrogen (secondary N) is 2. The second-order valence-corrected chi connectivity index (χ2v) is 6.27. The zero-order valence-electron chi connectivity index (χ0n) is 12.4. The minimum Gasteiger partial charge on any atom is -0.368 e. The van der Waals surface area contributed by atoms with Crippen LogP contribution in [0.15, 0.2) is 11.4 Å². The number of H-pyrrole nitrogens is 1. The molecule has 3 rings (SSSR count). The zero-order chi connectivity index (χ0) is 16.4. The maximum absolute atomic E-state index is 11.9. The number of nitrogens with two attached hydrogens (primary N) is 1. The largest absolute Gasteiger partial charge is 0.368 e. The third kappa shape index (κ3) is 3.65. The Kier molecular flexibility index (Phi) is 4.24. The number of anilines is 2. The molecule has 9 nitrogen and oxygen atoms in total. The van der Waals surface area contributed by atoms with Crippen LogP contribution in [0.5, 0.6) is 0 Å². The molecule has 0 unspecified atom stereocenters. The van der Waals surface area contributed by atoms with Gasteiger partial charge in [-0.3, -0.25) is 14.9 Å². The number of fused-ring (bicyclic) bond motifs is 1. The van der Waals surface area contributed by atoms with E-state index in [1.807, 2.05) is 6.92 Å². The van der Waals surface area contributed by atoms with Gasteiger partial charge >= 0.3 is 0 Å². The molecule has 0 saturated heterocycles. The predicted molar refractivity (Wildman–Crippen MR) is 84.0 cm³/mol. The Labute approximate surface area is 135 Å². The first-order valence-corrected chi connectivity index (χ1v) is 7.99. The Morgan fingerprint density at radius 1 is 1.48 bits per heavy atom. The van der Waals surface area contributed by atoms with Gasteiger partial charge in [0.15, 0.2) is 5.78 Å². The van der Waals surface area contributed by atoms with Crippen LogP contribution in [0, 0.1) is 5.92 Å². The van der Waals surface area contributed by atoms with E-state index in [9.17, 15) is 9.59 Å². The van der Waals surface area contributed by atoms with Gasteiger partial charge in [-0.2, -0.15) is 4.98 Å². The number of carbonyl (C=O) groups is 2. The van der Waals surface area contributed by atoms with Crippen LogP contribution in [-0.2, 0) is 11.2 Å². The van der Waals surface area contributed by atoms with Gasteiger partial charge in [-0.05, 0) is 12.3 Å². The van der Waals surface area contributed by atoms with Crippen LogP contribution in [0.1, 0.15) is 29.4 Å². The molecule has 2 aromatic rings. The Morgan fingerprint density at radius 3 is 3.04 bits per heavy atom. The molecule has 2 heterocycles. The summed E-state index contributed by atoms with van der Waals surface area (Å²) in [6, 6.07) is 0. The van der Waals surface area contributed by atoms with E-state index in [-0.39, 0.29) is 35.3 Å². The molecule has 2 aromatic heterocycles. The average Bonchev–Trinajstić information content (AvgIpc) is 2.90. The average molecular weight is 333 g/mol. The lowest BCUT2D eigenvalue weighted by Gasteiger charge is -2.19. The van der Waals surface area contributed by atoms with E-state index in [0.717, 1.165) is 11.8 Å². The number of thioether (sulfide) groups is 1. The standard InChI is InChI=1S/C13H15N7O2S/c1-6-2-8-7(9(21)3-6)4-15-12(16-8)17-10(22)5-23-13-18-11(14)19-20-13/h4,6H,2-3,5H2,1H3,(H3,14,18,19,20)(H,15,16,17,22)/t6-/m0/s1. The SMILES string of the molecule is C[C@@H]1CC(=O)c2cnc(NC(=O)CSc3n[nH]c(N)n3)nc2C1. The summed E-state index contributed by atoms with van der Waals surface area (Å²) in [6.07, 6.45) is 2.70. The van der Waals surface area contributed by atoms with Gasteiger partial charge in [0.2, 0.25) is 23.0 Å². The van der Waals surface area contributed by atoms with Crippen molar-refractivity contribution in [1.82, 2.24) is 25.1 Å². The number of nitrogens with zero attached hydrogens (tertiary/aromatic N) is 4. The van der Waals surface area contributed by atoms with Crippen molar-refractivity contribution in [2.24, 2.45) is 5.92 Å². The third-order valence-corrected chi connectivity index (χ3v) is 4.16. The van der Waals surface area contributed by atoms with Crippen molar-refractivity contribution in [1.29, 1.82) is 0 Å². The van der Waals surface area contributed by atoms with Crippen molar-refractivity contribution in [2.75, 3.05) is 16.8 Å². The molecular formula is C13H15N7O2S. The molecular weight excluding hydrogens is 318 g/mol. The molecule has 0 aromatic carbocycles.